The number of carbonyl (C=O) groups is 1. The van der Waals surface area contributed by atoms with Crippen LogP contribution in [0.15, 0.2) is 41.7 Å². The van der Waals surface area contributed by atoms with Crippen LogP contribution < -0.4 is 0 Å². The molecule has 1 aromatic carbocycles. The Bertz CT molecular complexity index is 412. The zero-order chi connectivity index (χ0) is 11.4. The fourth-order valence-electron chi connectivity index (χ4n) is 1.41. The van der Waals surface area contributed by atoms with Gasteiger partial charge in [0.1, 0.15) is 6.61 Å². The number of ether oxygens (including phenoxy) is 1. The summed E-state index contributed by atoms with van der Waals surface area (Å²) in [6, 6.07) is 10.1. The third-order valence-corrected chi connectivity index (χ3v) is 3.38. The van der Waals surface area contributed by atoms with Crippen LogP contribution in [0, 0.1) is 0 Å². The first kappa shape index (κ1) is 11.1. The van der Waals surface area contributed by atoms with Crippen LogP contribution in [-0.2, 0) is 15.3 Å². The minimum Gasteiger partial charge on any atom is -0.502 e. The maximum absolute atomic E-state index is 10.9. The van der Waals surface area contributed by atoms with E-state index in [1.54, 1.807) is 11.8 Å². The molecule has 0 amide bonds. The Morgan fingerprint density at radius 2 is 2.00 bits per heavy atom. The molecule has 1 heterocycles. The van der Waals surface area contributed by atoms with E-state index in [1.807, 2.05) is 18.2 Å². The van der Waals surface area contributed by atoms with Crippen molar-refractivity contribution in [1.82, 2.24) is 0 Å². The molecule has 0 aromatic heterocycles. The number of benzene rings is 1. The maximum atomic E-state index is 10.9. The lowest BCUT2D eigenvalue weighted by Gasteiger charge is -2.01. The number of carbonyl (C=O) groups excluding carboxylic acids is 1. The number of hydrogen-bond donors (Lipinski definition) is 1. The molecule has 16 heavy (non-hydrogen) atoms. The minimum atomic E-state index is -0.602. The first-order valence-corrected chi connectivity index (χ1v) is 6.12. The van der Waals surface area contributed by atoms with E-state index in [-0.39, 0.29) is 12.4 Å². The molecule has 1 aliphatic rings. The number of hydrogen-bond acceptors (Lipinski definition) is 4. The van der Waals surface area contributed by atoms with Gasteiger partial charge in [0.05, 0.1) is 0 Å². The summed E-state index contributed by atoms with van der Waals surface area (Å²) < 4.78 is 4.70. The quantitative estimate of drug-likeness (QED) is 0.815. The van der Waals surface area contributed by atoms with E-state index in [0.717, 1.165) is 5.75 Å². The second-order valence-electron chi connectivity index (χ2n) is 3.51. The molecule has 1 N–H and O–H groups in total. The van der Waals surface area contributed by atoms with Gasteiger partial charge in [0.2, 0.25) is 5.76 Å². The smallest absolute Gasteiger partial charge is 0.373 e. The number of aliphatic hydroxyl groups is 1. The van der Waals surface area contributed by atoms with Gasteiger partial charge >= 0.3 is 5.97 Å². The average molecular weight is 236 g/mol. The van der Waals surface area contributed by atoms with Crippen LogP contribution in [0.25, 0.3) is 0 Å². The molecular weight excluding hydrogens is 224 g/mol. The number of thioether (sulfide) groups is 1. The van der Waals surface area contributed by atoms with Crippen molar-refractivity contribution in [2.45, 2.75) is 5.75 Å². The van der Waals surface area contributed by atoms with Crippen molar-refractivity contribution >= 4 is 17.7 Å². The van der Waals surface area contributed by atoms with E-state index < -0.39 is 5.97 Å². The van der Waals surface area contributed by atoms with Gasteiger partial charge in [-0.3, -0.25) is 0 Å². The van der Waals surface area contributed by atoms with Crippen molar-refractivity contribution in [1.29, 1.82) is 0 Å². The molecule has 0 unspecified atom stereocenters. The lowest BCUT2D eigenvalue weighted by Crippen LogP contribution is -1.97. The molecule has 0 fully saturated rings. The highest BCUT2D eigenvalue weighted by atomic mass is 32.2. The molecule has 3 nitrogen and oxygen atoms in total. The van der Waals surface area contributed by atoms with E-state index in [2.05, 4.69) is 12.1 Å². The Labute approximate surface area is 98.1 Å². The second kappa shape index (κ2) is 5.07. The fraction of sp³-hybridized carbons (Fsp3) is 0.250. The molecule has 4 heteroatoms. The van der Waals surface area contributed by atoms with E-state index in [1.165, 1.54) is 5.56 Å². The molecule has 0 saturated carbocycles. The van der Waals surface area contributed by atoms with Gasteiger partial charge < -0.3 is 9.84 Å². The molecule has 1 aromatic rings. The van der Waals surface area contributed by atoms with E-state index in [4.69, 9.17) is 4.74 Å². The Hall–Kier alpha value is -1.42. The highest BCUT2D eigenvalue weighted by Crippen LogP contribution is 2.20. The largest absolute Gasteiger partial charge is 0.502 e. The Balaban J connectivity index is 1.83. The molecule has 0 saturated heterocycles. The maximum Gasteiger partial charge on any atom is 0.373 e. The van der Waals surface area contributed by atoms with Crippen molar-refractivity contribution in [2.75, 3.05) is 12.4 Å². The van der Waals surface area contributed by atoms with Gasteiger partial charge in [0.25, 0.3) is 0 Å². The summed E-state index contributed by atoms with van der Waals surface area (Å²) in [5.74, 6) is 0.689. The van der Waals surface area contributed by atoms with Crippen LogP contribution in [-0.4, -0.2) is 23.4 Å². The van der Waals surface area contributed by atoms with Crippen molar-refractivity contribution in [3.63, 3.8) is 0 Å². The summed E-state index contributed by atoms with van der Waals surface area (Å²) in [7, 11) is 0. The summed E-state index contributed by atoms with van der Waals surface area (Å²) in [6.45, 7) is 0.229. The normalized spacial score (nSPS) is 15.4. The summed E-state index contributed by atoms with van der Waals surface area (Å²) >= 11 is 1.66. The van der Waals surface area contributed by atoms with Gasteiger partial charge in [-0.2, -0.15) is 11.8 Å². The Morgan fingerprint density at radius 1 is 1.25 bits per heavy atom. The van der Waals surface area contributed by atoms with Crippen molar-refractivity contribution in [2.24, 2.45) is 0 Å². The van der Waals surface area contributed by atoms with Gasteiger partial charge in [-0.1, -0.05) is 30.3 Å². The molecular formula is C12H12O3S. The Morgan fingerprint density at radius 3 is 2.62 bits per heavy atom. The zero-order valence-corrected chi connectivity index (χ0v) is 9.50. The predicted molar refractivity (Wildman–Crippen MR) is 63.2 cm³/mol. The van der Waals surface area contributed by atoms with E-state index in [9.17, 15) is 9.90 Å². The van der Waals surface area contributed by atoms with Crippen LogP contribution in [0.4, 0.5) is 0 Å². The summed E-state index contributed by atoms with van der Waals surface area (Å²) in [5.41, 5.74) is 1.92. The molecule has 0 aliphatic carbocycles. The summed E-state index contributed by atoms with van der Waals surface area (Å²) in [5, 5.41) is 9.35. The van der Waals surface area contributed by atoms with Crippen molar-refractivity contribution in [3.8, 4) is 0 Å². The highest BCUT2D eigenvalue weighted by Gasteiger charge is 2.23. The first-order valence-electron chi connectivity index (χ1n) is 4.97. The van der Waals surface area contributed by atoms with Gasteiger partial charge in [-0.15, -0.1) is 0 Å². The Kier molecular flexibility index (Phi) is 3.51. The number of rotatable bonds is 4. The van der Waals surface area contributed by atoms with Crippen LogP contribution in [0.3, 0.4) is 0 Å². The topological polar surface area (TPSA) is 46.5 Å². The lowest BCUT2D eigenvalue weighted by molar-refractivity contribution is -0.138. The molecule has 84 valence electrons. The average Bonchev–Trinajstić information content (AvgIpc) is 2.62. The molecule has 0 bridgehead atoms. The van der Waals surface area contributed by atoms with Gasteiger partial charge in [0.15, 0.2) is 0 Å². The highest BCUT2D eigenvalue weighted by molar-refractivity contribution is 7.98. The third kappa shape index (κ3) is 2.58. The minimum absolute atomic E-state index is 0.208. The monoisotopic (exact) mass is 236 g/mol. The number of esters is 1. The zero-order valence-electron chi connectivity index (χ0n) is 8.68. The van der Waals surface area contributed by atoms with Crippen LogP contribution >= 0.6 is 11.8 Å². The SMILES string of the molecule is O=C1OCC(CSCc2ccccc2)=C1O. The van der Waals surface area contributed by atoms with Gasteiger partial charge in [-0.25, -0.2) is 4.79 Å². The molecule has 0 spiro atoms. The predicted octanol–water partition coefficient (Wildman–Crippen LogP) is 2.29. The fourth-order valence-corrected chi connectivity index (χ4v) is 2.41. The third-order valence-electron chi connectivity index (χ3n) is 2.29. The van der Waals surface area contributed by atoms with Crippen LogP contribution in [0.5, 0.6) is 0 Å². The van der Waals surface area contributed by atoms with E-state index >= 15 is 0 Å². The second-order valence-corrected chi connectivity index (χ2v) is 4.49. The van der Waals surface area contributed by atoms with Crippen LogP contribution in [0.2, 0.25) is 0 Å². The summed E-state index contributed by atoms with van der Waals surface area (Å²) in [4.78, 5) is 10.9. The number of aliphatic hydroxyl groups excluding tert-OH is 1. The molecule has 0 radical (unpaired) electrons. The standard InChI is InChI=1S/C12H12O3S/c13-11-10(6-15-12(11)14)8-16-7-9-4-2-1-3-5-9/h1-5,13H,6-8H2. The van der Waals surface area contributed by atoms with Crippen molar-refractivity contribution in [3.05, 3.63) is 47.2 Å². The first-order chi connectivity index (χ1) is 7.77. The lowest BCUT2D eigenvalue weighted by atomic mass is 10.2. The van der Waals surface area contributed by atoms with Gasteiger partial charge in [-0.05, 0) is 5.56 Å². The van der Waals surface area contributed by atoms with E-state index in [0.29, 0.717) is 11.3 Å². The molecule has 0 atom stereocenters. The molecule has 1 aliphatic heterocycles. The summed E-state index contributed by atoms with van der Waals surface area (Å²) in [6.07, 6.45) is 0. The molecule has 2 rings (SSSR count). The number of cyclic esters (lactones) is 1. The van der Waals surface area contributed by atoms with Crippen LogP contribution in [0.1, 0.15) is 5.56 Å². The van der Waals surface area contributed by atoms with Crippen molar-refractivity contribution < 1.29 is 14.6 Å². The van der Waals surface area contributed by atoms with Gasteiger partial charge in [0, 0.05) is 17.1 Å².